The van der Waals surface area contributed by atoms with E-state index in [2.05, 4.69) is 5.32 Å². The number of aliphatic carboxylic acids is 1. The number of rotatable bonds is 3. The highest BCUT2D eigenvalue weighted by Gasteiger charge is 2.42. The van der Waals surface area contributed by atoms with Crippen LogP contribution in [0.2, 0.25) is 0 Å². The number of amides is 1. The van der Waals surface area contributed by atoms with Crippen molar-refractivity contribution in [1.29, 1.82) is 0 Å². The summed E-state index contributed by atoms with van der Waals surface area (Å²) in [5, 5.41) is 12.0. The minimum absolute atomic E-state index is 0.268. The minimum atomic E-state index is -1.24. The summed E-state index contributed by atoms with van der Waals surface area (Å²) in [6, 6.07) is 1.61. The molecule has 0 spiro atoms. The highest BCUT2D eigenvalue weighted by Crippen LogP contribution is 2.23. The van der Waals surface area contributed by atoms with Gasteiger partial charge in [-0.25, -0.2) is 4.79 Å². The first-order valence-corrected chi connectivity index (χ1v) is 6.15. The molecular formula is C13H17NO5. The van der Waals surface area contributed by atoms with E-state index in [4.69, 9.17) is 9.15 Å². The first-order chi connectivity index (χ1) is 8.94. The van der Waals surface area contributed by atoms with Crippen molar-refractivity contribution < 1.29 is 23.8 Å². The number of hydrogen-bond donors (Lipinski definition) is 2. The SMILES string of the molecule is Cc1cc(C(=O)NC2(C(=O)O)CCOCC2)c(C)o1. The number of carboxylic acids is 1. The number of carbonyl (C=O) groups excluding carboxylic acids is 1. The zero-order valence-electron chi connectivity index (χ0n) is 11.0. The number of hydrogen-bond acceptors (Lipinski definition) is 4. The van der Waals surface area contributed by atoms with E-state index < -0.39 is 17.4 Å². The van der Waals surface area contributed by atoms with Crippen molar-refractivity contribution in [2.24, 2.45) is 0 Å². The highest BCUT2D eigenvalue weighted by molar-refractivity contribution is 5.98. The average molecular weight is 267 g/mol. The molecule has 2 rings (SSSR count). The summed E-state index contributed by atoms with van der Waals surface area (Å²) in [6.07, 6.45) is 0.536. The number of carboxylic acid groups (broad SMARTS) is 1. The Bertz CT molecular complexity index is 499. The summed E-state index contributed by atoms with van der Waals surface area (Å²) >= 11 is 0. The Hall–Kier alpha value is -1.82. The molecule has 1 fully saturated rings. The number of ether oxygens (including phenoxy) is 1. The molecule has 6 nitrogen and oxygen atoms in total. The summed E-state index contributed by atoms with van der Waals surface area (Å²) in [4.78, 5) is 23.6. The van der Waals surface area contributed by atoms with Crippen molar-refractivity contribution in [2.75, 3.05) is 13.2 Å². The summed E-state index contributed by atoms with van der Waals surface area (Å²) in [5.74, 6) is -0.331. The fourth-order valence-electron chi connectivity index (χ4n) is 2.25. The summed E-state index contributed by atoms with van der Waals surface area (Å²) in [5.41, 5.74) is -0.864. The Labute approximate surface area is 110 Å². The van der Waals surface area contributed by atoms with Crippen LogP contribution in [0, 0.1) is 13.8 Å². The molecule has 1 aromatic heterocycles. The largest absolute Gasteiger partial charge is 0.480 e. The van der Waals surface area contributed by atoms with Crippen molar-refractivity contribution in [1.82, 2.24) is 5.32 Å². The van der Waals surface area contributed by atoms with Crippen molar-refractivity contribution in [3.8, 4) is 0 Å². The van der Waals surface area contributed by atoms with Crippen LogP contribution < -0.4 is 5.32 Å². The maximum atomic E-state index is 12.2. The van der Waals surface area contributed by atoms with Crippen LogP contribution in [0.15, 0.2) is 10.5 Å². The predicted octanol–water partition coefficient (Wildman–Crippen LogP) is 1.26. The fraction of sp³-hybridized carbons (Fsp3) is 0.538. The molecule has 0 aliphatic carbocycles. The monoisotopic (exact) mass is 267 g/mol. The second-order valence-electron chi connectivity index (χ2n) is 4.78. The van der Waals surface area contributed by atoms with E-state index >= 15 is 0 Å². The quantitative estimate of drug-likeness (QED) is 0.860. The van der Waals surface area contributed by atoms with Gasteiger partial charge < -0.3 is 19.6 Å². The molecule has 19 heavy (non-hydrogen) atoms. The van der Waals surface area contributed by atoms with E-state index in [1.807, 2.05) is 0 Å². The summed E-state index contributed by atoms with van der Waals surface area (Å²) < 4.78 is 10.4. The molecule has 0 atom stereocenters. The van der Waals surface area contributed by atoms with Gasteiger partial charge in [0.2, 0.25) is 0 Å². The van der Waals surface area contributed by atoms with Crippen LogP contribution in [0.5, 0.6) is 0 Å². The van der Waals surface area contributed by atoms with Gasteiger partial charge in [-0.1, -0.05) is 0 Å². The van der Waals surface area contributed by atoms with E-state index in [0.29, 0.717) is 30.3 Å². The molecule has 0 radical (unpaired) electrons. The third-order valence-corrected chi connectivity index (χ3v) is 3.39. The summed E-state index contributed by atoms with van der Waals surface area (Å²) in [6.45, 7) is 4.08. The Morgan fingerprint density at radius 2 is 1.95 bits per heavy atom. The van der Waals surface area contributed by atoms with Crippen LogP contribution >= 0.6 is 0 Å². The molecule has 0 bridgehead atoms. The Kier molecular flexibility index (Phi) is 3.61. The van der Waals surface area contributed by atoms with Gasteiger partial charge in [-0.3, -0.25) is 4.79 Å². The van der Waals surface area contributed by atoms with Gasteiger partial charge in [0, 0.05) is 26.1 Å². The van der Waals surface area contributed by atoms with Crippen molar-refractivity contribution in [3.63, 3.8) is 0 Å². The predicted molar refractivity (Wildman–Crippen MR) is 66.1 cm³/mol. The Balaban J connectivity index is 2.20. The molecule has 6 heteroatoms. The lowest BCUT2D eigenvalue weighted by Gasteiger charge is -2.33. The number of furan rings is 1. The molecule has 2 heterocycles. The first kappa shape index (κ1) is 13.6. The molecule has 1 amide bonds. The second kappa shape index (κ2) is 5.05. The molecule has 1 aliphatic heterocycles. The third-order valence-electron chi connectivity index (χ3n) is 3.39. The Morgan fingerprint density at radius 3 is 2.42 bits per heavy atom. The summed E-state index contributed by atoms with van der Waals surface area (Å²) in [7, 11) is 0. The molecule has 0 aromatic carbocycles. The zero-order valence-corrected chi connectivity index (χ0v) is 11.0. The first-order valence-electron chi connectivity index (χ1n) is 6.15. The fourth-order valence-corrected chi connectivity index (χ4v) is 2.25. The van der Waals surface area contributed by atoms with Gasteiger partial charge in [0.15, 0.2) is 0 Å². The van der Waals surface area contributed by atoms with Crippen LogP contribution in [-0.2, 0) is 9.53 Å². The standard InChI is InChI=1S/C13H17NO5/c1-8-7-10(9(2)19-8)11(15)14-13(12(16)17)3-5-18-6-4-13/h7H,3-6H2,1-2H3,(H,14,15)(H,16,17). The van der Waals surface area contributed by atoms with E-state index in [1.54, 1.807) is 19.9 Å². The van der Waals surface area contributed by atoms with Crippen LogP contribution in [0.4, 0.5) is 0 Å². The average Bonchev–Trinajstić information content (AvgIpc) is 2.69. The van der Waals surface area contributed by atoms with E-state index in [-0.39, 0.29) is 12.8 Å². The number of carbonyl (C=O) groups is 2. The Morgan fingerprint density at radius 1 is 1.32 bits per heavy atom. The zero-order chi connectivity index (χ0) is 14.0. The van der Waals surface area contributed by atoms with Gasteiger partial charge in [-0.05, 0) is 19.9 Å². The van der Waals surface area contributed by atoms with Crippen LogP contribution in [-0.4, -0.2) is 35.7 Å². The lowest BCUT2D eigenvalue weighted by atomic mass is 9.89. The molecule has 1 aliphatic rings. The van der Waals surface area contributed by atoms with Crippen LogP contribution in [0.3, 0.4) is 0 Å². The van der Waals surface area contributed by atoms with Gasteiger partial charge in [0.05, 0.1) is 5.56 Å². The number of nitrogens with one attached hydrogen (secondary N) is 1. The lowest BCUT2D eigenvalue weighted by Crippen LogP contribution is -2.57. The van der Waals surface area contributed by atoms with Crippen molar-refractivity contribution in [3.05, 3.63) is 23.2 Å². The van der Waals surface area contributed by atoms with Gasteiger partial charge in [-0.2, -0.15) is 0 Å². The number of aryl methyl sites for hydroxylation is 2. The van der Waals surface area contributed by atoms with Gasteiger partial charge in [-0.15, -0.1) is 0 Å². The molecule has 0 saturated carbocycles. The lowest BCUT2D eigenvalue weighted by molar-refractivity contribution is -0.148. The van der Waals surface area contributed by atoms with E-state index in [0.717, 1.165) is 0 Å². The molecule has 1 saturated heterocycles. The van der Waals surface area contributed by atoms with Gasteiger partial charge in [0.1, 0.15) is 17.1 Å². The van der Waals surface area contributed by atoms with E-state index in [1.165, 1.54) is 0 Å². The normalized spacial score (nSPS) is 18.0. The smallest absolute Gasteiger partial charge is 0.329 e. The maximum absolute atomic E-state index is 12.2. The van der Waals surface area contributed by atoms with Crippen LogP contribution in [0.25, 0.3) is 0 Å². The van der Waals surface area contributed by atoms with Crippen LogP contribution in [0.1, 0.15) is 34.7 Å². The van der Waals surface area contributed by atoms with Crippen molar-refractivity contribution in [2.45, 2.75) is 32.2 Å². The highest BCUT2D eigenvalue weighted by atomic mass is 16.5. The van der Waals surface area contributed by atoms with Gasteiger partial charge >= 0.3 is 5.97 Å². The molecular weight excluding hydrogens is 250 g/mol. The van der Waals surface area contributed by atoms with Gasteiger partial charge in [0.25, 0.3) is 5.91 Å². The third kappa shape index (κ3) is 2.63. The topological polar surface area (TPSA) is 88.8 Å². The molecule has 0 unspecified atom stereocenters. The molecule has 104 valence electrons. The maximum Gasteiger partial charge on any atom is 0.329 e. The molecule has 1 aromatic rings. The van der Waals surface area contributed by atoms with Crippen molar-refractivity contribution >= 4 is 11.9 Å². The molecule has 2 N–H and O–H groups in total. The second-order valence-corrected chi connectivity index (χ2v) is 4.78. The minimum Gasteiger partial charge on any atom is -0.480 e. The van der Waals surface area contributed by atoms with E-state index in [9.17, 15) is 14.7 Å².